The number of anilines is 1. The summed E-state index contributed by atoms with van der Waals surface area (Å²) in [6, 6.07) is 11.9. The maximum atomic E-state index is 12.5. The number of amides is 2. The number of rotatable bonds is 5. The van der Waals surface area contributed by atoms with E-state index in [0.717, 1.165) is 0 Å². The van der Waals surface area contributed by atoms with Gasteiger partial charge in [0.25, 0.3) is 5.91 Å². The van der Waals surface area contributed by atoms with Gasteiger partial charge in [-0.3, -0.25) is 14.9 Å². The molecule has 0 atom stereocenters. The van der Waals surface area contributed by atoms with Gasteiger partial charge in [0.2, 0.25) is 5.91 Å². The van der Waals surface area contributed by atoms with Crippen molar-refractivity contribution in [3.05, 3.63) is 69.6 Å². The monoisotopic (exact) mass is 409 g/mol. The predicted octanol–water partition coefficient (Wildman–Crippen LogP) is 3.40. The maximum Gasteiger partial charge on any atom is 0.349 e. The highest BCUT2D eigenvalue weighted by atomic mass is 32.1. The number of aromatic nitrogens is 1. The topological polar surface area (TPSA) is 114 Å². The molecule has 0 bridgehead atoms. The van der Waals surface area contributed by atoms with Crippen LogP contribution in [0.25, 0.3) is 22.4 Å². The van der Waals surface area contributed by atoms with Gasteiger partial charge in [0.1, 0.15) is 22.6 Å². The number of hydrogen-bond acceptors (Lipinski definition) is 7. The molecule has 0 aliphatic rings. The molecule has 9 heteroatoms. The number of para-hydroxylation sites is 1. The lowest BCUT2D eigenvalue weighted by Crippen LogP contribution is -2.20. The molecule has 8 nitrogen and oxygen atoms in total. The minimum Gasteiger partial charge on any atom is -0.458 e. The number of hydrogen-bond donors (Lipinski definition) is 2. The third kappa shape index (κ3) is 4.09. The molecule has 29 heavy (non-hydrogen) atoms. The number of furan rings is 1. The number of benzene rings is 1. The predicted molar refractivity (Wildman–Crippen MR) is 108 cm³/mol. The van der Waals surface area contributed by atoms with E-state index < -0.39 is 11.5 Å². The highest BCUT2D eigenvalue weighted by molar-refractivity contribution is 7.14. The fraction of sp³-hybridized carbons (Fsp3) is 0.100. The zero-order valence-electron chi connectivity index (χ0n) is 15.2. The van der Waals surface area contributed by atoms with Crippen LogP contribution in [0.5, 0.6) is 0 Å². The van der Waals surface area contributed by atoms with Crippen LogP contribution >= 0.6 is 11.3 Å². The molecule has 3 aromatic heterocycles. The second-order valence-electron chi connectivity index (χ2n) is 6.15. The number of carbonyl (C=O) groups is 2. The number of carbonyl (C=O) groups excluding carboxylic acids is 2. The average molecular weight is 409 g/mol. The first-order valence-electron chi connectivity index (χ1n) is 8.63. The normalized spacial score (nSPS) is 10.8. The van der Waals surface area contributed by atoms with Gasteiger partial charge in [0, 0.05) is 17.7 Å². The van der Waals surface area contributed by atoms with Gasteiger partial charge in [-0.2, -0.15) is 0 Å². The molecule has 4 aromatic rings. The highest BCUT2D eigenvalue weighted by Crippen LogP contribution is 2.27. The zero-order valence-corrected chi connectivity index (χ0v) is 16.0. The Morgan fingerprint density at radius 3 is 2.79 bits per heavy atom. The van der Waals surface area contributed by atoms with Gasteiger partial charge < -0.3 is 14.2 Å². The van der Waals surface area contributed by atoms with Crippen LogP contribution in [0.4, 0.5) is 5.13 Å². The minimum atomic E-state index is -0.716. The molecule has 0 radical (unpaired) electrons. The molecule has 2 N–H and O–H groups in total. The van der Waals surface area contributed by atoms with Crippen molar-refractivity contribution in [2.75, 3.05) is 5.32 Å². The van der Waals surface area contributed by atoms with E-state index in [1.54, 1.807) is 41.8 Å². The Balaban J connectivity index is 1.51. The van der Waals surface area contributed by atoms with Crippen LogP contribution in [0.1, 0.15) is 23.0 Å². The van der Waals surface area contributed by atoms with Gasteiger partial charge in [-0.25, -0.2) is 9.78 Å². The van der Waals surface area contributed by atoms with Gasteiger partial charge >= 0.3 is 5.63 Å². The van der Waals surface area contributed by atoms with E-state index >= 15 is 0 Å². The fourth-order valence-corrected chi connectivity index (χ4v) is 3.35. The molecule has 146 valence electrons. The molecule has 0 spiro atoms. The maximum absolute atomic E-state index is 12.5. The summed E-state index contributed by atoms with van der Waals surface area (Å²) >= 11 is 1.20. The third-order valence-electron chi connectivity index (χ3n) is 4.04. The van der Waals surface area contributed by atoms with Crippen molar-refractivity contribution in [1.29, 1.82) is 0 Å². The molecule has 0 unspecified atom stereocenters. The summed E-state index contributed by atoms with van der Waals surface area (Å²) in [5, 5.41) is 7.95. The number of nitrogens with one attached hydrogen (secondary N) is 2. The Hall–Kier alpha value is -3.72. The van der Waals surface area contributed by atoms with Crippen LogP contribution in [0, 0.1) is 0 Å². The van der Waals surface area contributed by atoms with Gasteiger partial charge in [-0.15, -0.1) is 11.3 Å². The van der Waals surface area contributed by atoms with Crippen molar-refractivity contribution in [1.82, 2.24) is 10.3 Å². The Bertz CT molecular complexity index is 1270. The van der Waals surface area contributed by atoms with E-state index in [-0.39, 0.29) is 18.0 Å². The van der Waals surface area contributed by atoms with Crippen LogP contribution in [-0.2, 0) is 11.3 Å². The molecule has 0 saturated carbocycles. The minimum absolute atomic E-state index is 0.101. The molecule has 3 heterocycles. The third-order valence-corrected chi connectivity index (χ3v) is 4.79. The molecule has 0 fully saturated rings. The van der Waals surface area contributed by atoms with Gasteiger partial charge in [-0.1, -0.05) is 18.2 Å². The van der Waals surface area contributed by atoms with Crippen molar-refractivity contribution in [2.45, 2.75) is 13.5 Å². The Morgan fingerprint density at radius 1 is 1.14 bits per heavy atom. The van der Waals surface area contributed by atoms with Crippen molar-refractivity contribution in [2.24, 2.45) is 0 Å². The average Bonchev–Trinajstić information content (AvgIpc) is 3.35. The Morgan fingerprint density at radius 2 is 1.97 bits per heavy atom. The van der Waals surface area contributed by atoms with Crippen LogP contribution in [-0.4, -0.2) is 16.8 Å². The van der Waals surface area contributed by atoms with E-state index in [4.69, 9.17) is 8.83 Å². The molecule has 4 rings (SSSR count). The lowest BCUT2D eigenvalue weighted by molar-refractivity contribution is -0.119. The summed E-state index contributed by atoms with van der Waals surface area (Å²) < 4.78 is 10.8. The summed E-state index contributed by atoms with van der Waals surface area (Å²) in [5.41, 5.74) is 0.131. The van der Waals surface area contributed by atoms with Crippen LogP contribution in [0.15, 0.2) is 61.5 Å². The summed E-state index contributed by atoms with van der Waals surface area (Å²) in [7, 11) is 0. The first-order valence-corrected chi connectivity index (χ1v) is 9.51. The summed E-state index contributed by atoms with van der Waals surface area (Å²) in [6.45, 7) is 1.70. The van der Waals surface area contributed by atoms with E-state index in [9.17, 15) is 14.4 Å². The van der Waals surface area contributed by atoms with E-state index in [1.165, 1.54) is 24.3 Å². The first-order chi connectivity index (χ1) is 14.0. The van der Waals surface area contributed by atoms with E-state index in [0.29, 0.717) is 33.3 Å². The molecule has 0 aliphatic heterocycles. The van der Waals surface area contributed by atoms with Crippen molar-refractivity contribution < 1.29 is 18.4 Å². The van der Waals surface area contributed by atoms with Crippen molar-refractivity contribution in [3.63, 3.8) is 0 Å². The van der Waals surface area contributed by atoms with Gasteiger partial charge in [0.15, 0.2) is 10.9 Å². The molecular formula is C20H15N3O5S. The largest absolute Gasteiger partial charge is 0.458 e. The van der Waals surface area contributed by atoms with Crippen molar-refractivity contribution in [3.8, 4) is 11.5 Å². The number of nitrogens with zero attached hydrogens (tertiary/aromatic N) is 1. The van der Waals surface area contributed by atoms with Crippen LogP contribution < -0.4 is 16.3 Å². The standard InChI is InChI=1S/C20H15N3O5S/c1-11(24)21-9-13-6-7-17(27-13)15-10-29-20(22-15)23-18(25)14-8-12-4-2-3-5-16(12)28-19(14)26/h2-8,10H,9H2,1H3,(H,21,24)(H,22,23,25). The SMILES string of the molecule is CC(=O)NCc1ccc(-c2csc(NC(=O)c3cc4ccccc4oc3=O)n2)o1. The summed E-state index contributed by atoms with van der Waals surface area (Å²) in [6.07, 6.45) is 0. The Labute approximate surface area is 168 Å². The van der Waals surface area contributed by atoms with Crippen LogP contribution in [0.2, 0.25) is 0 Å². The summed E-state index contributed by atoms with van der Waals surface area (Å²) in [5.74, 6) is 0.339. The molecule has 1 aromatic carbocycles. The number of thiazole rings is 1. The number of fused-ring (bicyclic) bond motifs is 1. The molecular weight excluding hydrogens is 394 g/mol. The van der Waals surface area contributed by atoms with Crippen LogP contribution in [0.3, 0.4) is 0 Å². The van der Waals surface area contributed by atoms with Crippen molar-refractivity contribution >= 4 is 39.3 Å². The van der Waals surface area contributed by atoms with Gasteiger partial charge in [0.05, 0.1) is 6.54 Å². The van der Waals surface area contributed by atoms with E-state index in [1.807, 2.05) is 0 Å². The Kier molecular flexibility index (Phi) is 4.96. The quantitative estimate of drug-likeness (QED) is 0.488. The molecule has 2 amide bonds. The second kappa shape index (κ2) is 7.72. The van der Waals surface area contributed by atoms with Gasteiger partial charge in [-0.05, 0) is 24.3 Å². The smallest absolute Gasteiger partial charge is 0.349 e. The highest BCUT2D eigenvalue weighted by Gasteiger charge is 2.16. The summed E-state index contributed by atoms with van der Waals surface area (Å²) in [4.78, 5) is 39.9. The molecule has 0 aliphatic carbocycles. The fourth-order valence-electron chi connectivity index (χ4n) is 2.65. The lowest BCUT2D eigenvalue weighted by Gasteiger charge is -2.02. The zero-order chi connectivity index (χ0) is 20.4. The first kappa shape index (κ1) is 18.6. The van der Waals surface area contributed by atoms with E-state index in [2.05, 4.69) is 15.6 Å². The lowest BCUT2D eigenvalue weighted by atomic mass is 10.2. The molecule has 0 saturated heterocycles. The second-order valence-corrected chi connectivity index (χ2v) is 7.01.